The predicted octanol–water partition coefficient (Wildman–Crippen LogP) is 1.55. The molecular formula is C17H23FN4O2. The quantitative estimate of drug-likeness (QED) is 0.880. The maximum absolute atomic E-state index is 14.3. The van der Waals surface area contributed by atoms with Crippen LogP contribution in [0.2, 0.25) is 0 Å². The number of amides is 3. The number of nitrogens with zero attached hydrogens (tertiary/aromatic N) is 2. The molecule has 2 aliphatic heterocycles. The molecule has 3 N–H and O–H groups in total. The van der Waals surface area contributed by atoms with Crippen molar-refractivity contribution in [3.8, 4) is 0 Å². The number of urea groups is 1. The lowest BCUT2D eigenvalue weighted by Crippen LogP contribution is -2.49. The summed E-state index contributed by atoms with van der Waals surface area (Å²) in [6.07, 6.45) is 1.72. The number of nitrogens with two attached hydrogens (primary N) is 1. The highest BCUT2D eigenvalue weighted by Crippen LogP contribution is 2.26. The summed E-state index contributed by atoms with van der Waals surface area (Å²) in [7, 11) is 0. The Morgan fingerprint density at radius 2 is 2.21 bits per heavy atom. The van der Waals surface area contributed by atoms with Crippen molar-refractivity contribution in [2.24, 2.45) is 11.7 Å². The molecule has 3 rings (SSSR count). The molecule has 0 bridgehead atoms. The third kappa shape index (κ3) is 3.08. The van der Waals surface area contributed by atoms with Gasteiger partial charge in [-0.1, -0.05) is 6.92 Å². The van der Waals surface area contributed by atoms with Crippen molar-refractivity contribution in [3.05, 3.63) is 29.6 Å². The molecule has 1 aromatic rings. The Labute approximate surface area is 140 Å². The van der Waals surface area contributed by atoms with E-state index in [2.05, 4.69) is 12.2 Å². The Hall–Kier alpha value is -2.15. The molecule has 3 amide bonds. The van der Waals surface area contributed by atoms with Gasteiger partial charge in [-0.15, -0.1) is 0 Å². The van der Waals surface area contributed by atoms with E-state index in [0.29, 0.717) is 37.8 Å². The van der Waals surface area contributed by atoms with E-state index < -0.39 is 5.82 Å². The molecule has 2 atom stereocenters. The van der Waals surface area contributed by atoms with E-state index in [1.807, 2.05) is 0 Å². The minimum atomic E-state index is -0.572. The first kappa shape index (κ1) is 16.7. The number of benzene rings is 1. The Morgan fingerprint density at radius 3 is 2.88 bits per heavy atom. The first-order valence-electron chi connectivity index (χ1n) is 8.37. The van der Waals surface area contributed by atoms with Crippen molar-refractivity contribution in [2.75, 3.05) is 31.1 Å². The van der Waals surface area contributed by atoms with E-state index in [0.717, 1.165) is 12.8 Å². The van der Waals surface area contributed by atoms with Crippen LogP contribution >= 0.6 is 0 Å². The fraction of sp³-hybridized carbons (Fsp3) is 0.529. The van der Waals surface area contributed by atoms with Crippen LogP contribution in [0.3, 0.4) is 0 Å². The van der Waals surface area contributed by atoms with Crippen molar-refractivity contribution < 1.29 is 14.0 Å². The largest absolute Gasteiger partial charge is 0.336 e. The van der Waals surface area contributed by atoms with Crippen LogP contribution in [0.5, 0.6) is 0 Å². The van der Waals surface area contributed by atoms with E-state index in [4.69, 9.17) is 5.73 Å². The molecule has 7 heteroatoms. The Bertz CT molecular complexity index is 651. The molecule has 0 aliphatic carbocycles. The number of hydrogen-bond donors (Lipinski definition) is 2. The fourth-order valence-electron chi connectivity index (χ4n) is 3.46. The minimum absolute atomic E-state index is 0.000188. The zero-order valence-corrected chi connectivity index (χ0v) is 13.8. The first-order valence-corrected chi connectivity index (χ1v) is 8.37. The van der Waals surface area contributed by atoms with Gasteiger partial charge >= 0.3 is 6.03 Å². The maximum Gasteiger partial charge on any atom is 0.321 e. The lowest BCUT2D eigenvalue weighted by Gasteiger charge is -2.38. The molecule has 1 aromatic carbocycles. The van der Waals surface area contributed by atoms with E-state index in [1.165, 1.54) is 23.1 Å². The summed E-state index contributed by atoms with van der Waals surface area (Å²) in [4.78, 5) is 27.8. The van der Waals surface area contributed by atoms with E-state index in [9.17, 15) is 14.0 Å². The Kier molecular flexibility index (Phi) is 4.71. The number of anilines is 1. The highest BCUT2D eigenvalue weighted by molar-refractivity contribution is 5.98. The normalized spacial score (nSPS) is 24.2. The van der Waals surface area contributed by atoms with E-state index in [-0.39, 0.29) is 23.5 Å². The third-order valence-corrected chi connectivity index (χ3v) is 4.86. The average Bonchev–Trinajstić information content (AvgIpc) is 3.00. The van der Waals surface area contributed by atoms with Gasteiger partial charge in [0.05, 0.1) is 5.56 Å². The molecule has 130 valence electrons. The van der Waals surface area contributed by atoms with Crippen LogP contribution in [0.1, 0.15) is 30.1 Å². The molecule has 6 nitrogen and oxygen atoms in total. The van der Waals surface area contributed by atoms with E-state index in [1.54, 1.807) is 4.90 Å². The van der Waals surface area contributed by atoms with Gasteiger partial charge in [0.2, 0.25) is 0 Å². The van der Waals surface area contributed by atoms with Gasteiger partial charge in [-0.3, -0.25) is 9.69 Å². The van der Waals surface area contributed by atoms with Crippen molar-refractivity contribution in [2.45, 2.75) is 25.8 Å². The van der Waals surface area contributed by atoms with Gasteiger partial charge in [-0.25, -0.2) is 9.18 Å². The van der Waals surface area contributed by atoms with Crippen molar-refractivity contribution in [1.82, 2.24) is 10.2 Å². The number of carbonyl (C=O) groups excluding carboxylic acids is 2. The number of likely N-dealkylation sites (tertiary alicyclic amines) is 1. The Balaban J connectivity index is 1.87. The molecule has 2 aliphatic rings. The Morgan fingerprint density at radius 1 is 1.42 bits per heavy atom. The zero-order valence-electron chi connectivity index (χ0n) is 13.8. The molecule has 2 unspecified atom stereocenters. The highest BCUT2D eigenvalue weighted by Gasteiger charge is 2.31. The van der Waals surface area contributed by atoms with Crippen molar-refractivity contribution >= 4 is 17.6 Å². The minimum Gasteiger partial charge on any atom is -0.336 e. The summed E-state index contributed by atoms with van der Waals surface area (Å²) in [5.74, 6) is -0.416. The first-order chi connectivity index (χ1) is 11.5. The number of piperidine rings is 1. The highest BCUT2D eigenvalue weighted by atomic mass is 19.1. The predicted molar refractivity (Wildman–Crippen MR) is 89.4 cm³/mol. The lowest BCUT2D eigenvalue weighted by molar-refractivity contribution is 0.0569. The summed E-state index contributed by atoms with van der Waals surface area (Å²) in [5, 5.41) is 2.70. The molecule has 0 spiro atoms. The topological polar surface area (TPSA) is 78.7 Å². The van der Waals surface area contributed by atoms with Crippen LogP contribution in [0.25, 0.3) is 0 Å². The SMILES string of the molecule is CC1CCN(C(=O)c2cc(N3CCNC3=O)ccc2F)C(CN)C1. The average molecular weight is 334 g/mol. The van der Waals surface area contributed by atoms with Crippen molar-refractivity contribution in [3.63, 3.8) is 0 Å². The van der Waals surface area contributed by atoms with Gasteiger partial charge in [0.25, 0.3) is 5.91 Å². The van der Waals surface area contributed by atoms with Crippen molar-refractivity contribution in [1.29, 1.82) is 0 Å². The molecule has 0 aromatic heterocycles. The van der Waals surface area contributed by atoms with Crippen LogP contribution < -0.4 is 16.0 Å². The van der Waals surface area contributed by atoms with E-state index >= 15 is 0 Å². The van der Waals surface area contributed by atoms with Gasteiger partial charge in [0.15, 0.2) is 0 Å². The molecule has 2 saturated heterocycles. The fourth-order valence-corrected chi connectivity index (χ4v) is 3.46. The molecule has 0 saturated carbocycles. The van der Waals surface area contributed by atoms with Crippen LogP contribution in [-0.2, 0) is 0 Å². The zero-order chi connectivity index (χ0) is 17.3. The number of rotatable bonds is 3. The van der Waals surface area contributed by atoms with Gasteiger partial charge in [0.1, 0.15) is 5.82 Å². The number of carbonyl (C=O) groups is 2. The second-order valence-electron chi connectivity index (χ2n) is 6.57. The number of nitrogens with one attached hydrogen (secondary N) is 1. The van der Waals surface area contributed by atoms with Crippen LogP contribution in [-0.4, -0.2) is 49.1 Å². The lowest BCUT2D eigenvalue weighted by atomic mass is 9.92. The number of hydrogen-bond acceptors (Lipinski definition) is 3. The standard InChI is InChI=1S/C17H23FN4O2/c1-11-4-6-21(13(8-11)10-19)16(23)14-9-12(2-3-15(14)18)22-7-5-20-17(22)24/h2-3,9,11,13H,4-8,10,19H2,1H3,(H,20,24). The second-order valence-corrected chi connectivity index (χ2v) is 6.57. The molecule has 0 radical (unpaired) electrons. The summed E-state index contributed by atoms with van der Waals surface area (Å²) < 4.78 is 14.3. The van der Waals surface area contributed by atoms with Crippen LogP contribution in [0.15, 0.2) is 18.2 Å². The second kappa shape index (κ2) is 6.76. The van der Waals surface area contributed by atoms with Gasteiger partial charge < -0.3 is 16.0 Å². The third-order valence-electron chi connectivity index (χ3n) is 4.86. The monoisotopic (exact) mass is 334 g/mol. The van der Waals surface area contributed by atoms with Crippen LogP contribution in [0, 0.1) is 11.7 Å². The van der Waals surface area contributed by atoms with Gasteiger partial charge in [-0.05, 0) is 37.0 Å². The molecule has 2 fully saturated rings. The summed E-state index contributed by atoms with van der Waals surface area (Å²) >= 11 is 0. The molecular weight excluding hydrogens is 311 g/mol. The summed E-state index contributed by atoms with van der Waals surface area (Å²) in [5.41, 5.74) is 6.34. The number of halogens is 1. The van der Waals surface area contributed by atoms with Gasteiger partial charge in [0, 0.05) is 37.9 Å². The van der Waals surface area contributed by atoms with Crippen LogP contribution in [0.4, 0.5) is 14.9 Å². The van der Waals surface area contributed by atoms with Gasteiger partial charge in [-0.2, -0.15) is 0 Å². The molecule has 24 heavy (non-hydrogen) atoms. The summed E-state index contributed by atoms with van der Waals surface area (Å²) in [6.45, 7) is 4.13. The molecule has 2 heterocycles. The maximum atomic E-state index is 14.3. The summed E-state index contributed by atoms with van der Waals surface area (Å²) in [6, 6.07) is 3.94. The smallest absolute Gasteiger partial charge is 0.321 e.